The second kappa shape index (κ2) is 11.9. The van der Waals surface area contributed by atoms with Crippen LogP contribution in [0.25, 0.3) is 22.1 Å². The van der Waals surface area contributed by atoms with E-state index in [9.17, 15) is 14.0 Å². The SMILES string of the molecule is CCOC(=O)C1CCCN(C(=O)CCCSc2nnc3c4ccccc4n(Cc4ccc(F)cc4)c3n2)C1. The van der Waals surface area contributed by atoms with Crippen LogP contribution in [0.1, 0.15) is 38.2 Å². The van der Waals surface area contributed by atoms with Crippen LogP contribution in [-0.2, 0) is 20.9 Å². The average Bonchev–Trinajstić information content (AvgIpc) is 3.25. The molecule has 2 aromatic carbocycles. The lowest BCUT2D eigenvalue weighted by atomic mass is 9.98. The summed E-state index contributed by atoms with van der Waals surface area (Å²) in [6.45, 7) is 3.81. The van der Waals surface area contributed by atoms with Crippen molar-refractivity contribution < 1.29 is 18.7 Å². The van der Waals surface area contributed by atoms with Crippen LogP contribution in [0.15, 0.2) is 53.7 Å². The van der Waals surface area contributed by atoms with Gasteiger partial charge < -0.3 is 14.2 Å². The van der Waals surface area contributed by atoms with Gasteiger partial charge in [-0.05, 0) is 49.9 Å². The molecular weight excluding hydrogens is 505 g/mol. The van der Waals surface area contributed by atoms with E-state index in [4.69, 9.17) is 9.72 Å². The molecule has 1 atom stereocenters. The minimum atomic E-state index is -0.267. The van der Waals surface area contributed by atoms with E-state index in [1.807, 2.05) is 24.3 Å². The molecule has 10 heteroatoms. The number of thioether (sulfide) groups is 1. The summed E-state index contributed by atoms with van der Waals surface area (Å²) in [5, 5.41) is 10.3. The van der Waals surface area contributed by atoms with Crippen molar-refractivity contribution >= 4 is 45.7 Å². The minimum absolute atomic E-state index is 0.0634. The number of halogens is 1. The molecule has 1 amide bonds. The highest BCUT2D eigenvalue weighted by atomic mass is 32.2. The fourth-order valence-electron chi connectivity index (χ4n) is 4.88. The van der Waals surface area contributed by atoms with Crippen LogP contribution in [-0.4, -0.2) is 62.0 Å². The van der Waals surface area contributed by atoms with E-state index in [1.54, 1.807) is 24.0 Å². The number of rotatable bonds is 9. The van der Waals surface area contributed by atoms with Crippen molar-refractivity contribution in [2.45, 2.75) is 44.3 Å². The number of ether oxygens (including phenoxy) is 1. The molecule has 1 aliphatic heterocycles. The van der Waals surface area contributed by atoms with Crippen LogP contribution < -0.4 is 0 Å². The Balaban J connectivity index is 1.23. The molecular formula is C28H30FN5O3S. The van der Waals surface area contributed by atoms with E-state index < -0.39 is 0 Å². The van der Waals surface area contributed by atoms with Crippen molar-refractivity contribution in [3.8, 4) is 0 Å². The Morgan fingerprint density at radius 2 is 1.95 bits per heavy atom. The first-order valence-electron chi connectivity index (χ1n) is 13.0. The Hall–Kier alpha value is -3.53. The molecule has 8 nitrogen and oxygen atoms in total. The number of aromatic nitrogens is 4. The highest BCUT2D eigenvalue weighted by molar-refractivity contribution is 7.99. The maximum atomic E-state index is 13.4. The van der Waals surface area contributed by atoms with E-state index in [2.05, 4.69) is 14.8 Å². The summed E-state index contributed by atoms with van der Waals surface area (Å²) < 4.78 is 20.6. The fourth-order valence-corrected chi connectivity index (χ4v) is 5.60. The van der Waals surface area contributed by atoms with Gasteiger partial charge in [-0.25, -0.2) is 9.37 Å². The highest BCUT2D eigenvalue weighted by Crippen LogP contribution is 2.28. The third kappa shape index (κ3) is 5.80. The lowest BCUT2D eigenvalue weighted by Crippen LogP contribution is -2.42. The van der Waals surface area contributed by atoms with Crippen LogP contribution >= 0.6 is 11.8 Å². The van der Waals surface area contributed by atoms with Gasteiger partial charge in [0.1, 0.15) is 11.3 Å². The molecule has 1 aliphatic rings. The van der Waals surface area contributed by atoms with Gasteiger partial charge in [0, 0.05) is 37.2 Å². The number of carbonyl (C=O) groups excluding carboxylic acids is 2. The summed E-state index contributed by atoms with van der Waals surface area (Å²) in [6, 6.07) is 14.4. The maximum absolute atomic E-state index is 13.4. The summed E-state index contributed by atoms with van der Waals surface area (Å²) in [5.74, 6) is 0.0313. The zero-order chi connectivity index (χ0) is 26.5. The Morgan fingerprint density at radius 3 is 2.76 bits per heavy atom. The van der Waals surface area contributed by atoms with Gasteiger partial charge in [-0.1, -0.05) is 42.1 Å². The number of benzene rings is 2. The van der Waals surface area contributed by atoms with Crippen molar-refractivity contribution in [2.24, 2.45) is 5.92 Å². The Labute approximate surface area is 224 Å². The van der Waals surface area contributed by atoms with Gasteiger partial charge in [0.2, 0.25) is 11.1 Å². The summed E-state index contributed by atoms with van der Waals surface area (Å²) in [5.41, 5.74) is 3.40. The molecule has 1 saturated heterocycles. The molecule has 2 aromatic heterocycles. The number of nitrogens with zero attached hydrogens (tertiary/aromatic N) is 5. The smallest absolute Gasteiger partial charge is 0.310 e. The monoisotopic (exact) mass is 535 g/mol. The number of amides is 1. The van der Waals surface area contributed by atoms with Crippen LogP contribution in [0.5, 0.6) is 0 Å². The molecule has 0 saturated carbocycles. The lowest BCUT2D eigenvalue weighted by molar-refractivity contribution is -0.151. The van der Waals surface area contributed by atoms with E-state index in [-0.39, 0.29) is 23.6 Å². The number of para-hydroxylation sites is 1. The van der Waals surface area contributed by atoms with Crippen molar-refractivity contribution in [1.29, 1.82) is 0 Å². The summed E-state index contributed by atoms with van der Waals surface area (Å²) >= 11 is 1.47. The van der Waals surface area contributed by atoms with Gasteiger partial charge in [0.15, 0.2) is 5.65 Å². The van der Waals surface area contributed by atoms with Crippen LogP contribution in [0, 0.1) is 11.7 Å². The molecule has 1 fully saturated rings. The fraction of sp³-hybridized carbons (Fsp3) is 0.393. The molecule has 0 bridgehead atoms. The summed E-state index contributed by atoms with van der Waals surface area (Å²) in [6.07, 6.45) is 2.66. The molecule has 5 rings (SSSR count). The molecule has 198 valence electrons. The zero-order valence-corrected chi connectivity index (χ0v) is 22.1. The van der Waals surface area contributed by atoms with Gasteiger partial charge in [-0.15, -0.1) is 10.2 Å². The quantitative estimate of drug-likeness (QED) is 0.172. The highest BCUT2D eigenvalue weighted by Gasteiger charge is 2.29. The average molecular weight is 536 g/mol. The second-order valence-electron chi connectivity index (χ2n) is 9.38. The van der Waals surface area contributed by atoms with E-state index in [1.165, 1.54) is 23.9 Å². The number of esters is 1. The number of fused-ring (bicyclic) bond motifs is 3. The van der Waals surface area contributed by atoms with E-state index >= 15 is 0 Å². The molecule has 4 aromatic rings. The molecule has 0 radical (unpaired) electrons. The third-order valence-electron chi connectivity index (χ3n) is 6.77. The van der Waals surface area contributed by atoms with Gasteiger partial charge in [0.05, 0.1) is 18.0 Å². The minimum Gasteiger partial charge on any atom is -0.466 e. The number of carbonyl (C=O) groups is 2. The molecule has 0 aliphatic carbocycles. The number of hydrogen-bond donors (Lipinski definition) is 0. The first kappa shape index (κ1) is 26.1. The number of hydrogen-bond acceptors (Lipinski definition) is 7. The van der Waals surface area contributed by atoms with Crippen LogP contribution in [0.2, 0.25) is 0 Å². The Bertz CT molecular complexity index is 1440. The summed E-state index contributed by atoms with van der Waals surface area (Å²) in [7, 11) is 0. The predicted molar refractivity (Wildman–Crippen MR) is 144 cm³/mol. The third-order valence-corrected chi connectivity index (χ3v) is 7.69. The summed E-state index contributed by atoms with van der Waals surface area (Å²) in [4.78, 5) is 31.4. The van der Waals surface area contributed by atoms with E-state index in [0.717, 1.165) is 40.5 Å². The first-order valence-corrected chi connectivity index (χ1v) is 14.0. The number of piperidine rings is 1. The lowest BCUT2D eigenvalue weighted by Gasteiger charge is -2.31. The van der Waals surface area contributed by atoms with Crippen LogP contribution in [0.4, 0.5) is 4.39 Å². The zero-order valence-electron chi connectivity index (χ0n) is 21.3. The predicted octanol–water partition coefficient (Wildman–Crippen LogP) is 4.84. The van der Waals surface area contributed by atoms with Crippen LogP contribution in [0.3, 0.4) is 0 Å². The molecule has 0 spiro atoms. The van der Waals surface area contributed by atoms with Gasteiger partial charge >= 0.3 is 5.97 Å². The maximum Gasteiger partial charge on any atom is 0.310 e. The van der Waals surface area contributed by atoms with Gasteiger partial charge in [-0.3, -0.25) is 9.59 Å². The number of likely N-dealkylation sites (tertiary alicyclic amines) is 1. The van der Waals surface area contributed by atoms with Crippen molar-refractivity contribution in [2.75, 3.05) is 25.4 Å². The molecule has 0 N–H and O–H groups in total. The Kier molecular flexibility index (Phi) is 8.17. The second-order valence-corrected chi connectivity index (χ2v) is 10.4. The molecule has 3 heterocycles. The molecule has 38 heavy (non-hydrogen) atoms. The van der Waals surface area contributed by atoms with Crippen molar-refractivity contribution in [3.63, 3.8) is 0 Å². The van der Waals surface area contributed by atoms with Crippen molar-refractivity contribution in [3.05, 3.63) is 59.9 Å². The Morgan fingerprint density at radius 1 is 1.13 bits per heavy atom. The van der Waals surface area contributed by atoms with Gasteiger partial charge in [-0.2, -0.15) is 0 Å². The van der Waals surface area contributed by atoms with Crippen molar-refractivity contribution in [1.82, 2.24) is 24.6 Å². The standard InChI is InChI=1S/C28H30FN5O3S/c1-2-37-27(36)20-7-5-15-33(18-20)24(35)10-6-16-38-28-30-26-25(31-32-28)22-8-3-4-9-23(22)34(26)17-19-11-13-21(29)14-12-19/h3-4,8-9,11-14,20H,2,5-7,10,15-18H2,1H3. The van der Waals surface area contributed by atoms with Gasteiger partial charge in [0.25, 0.3) is 0 Å². The normalized spacial score (nSPS) is 15.7. The largest absolute Gasteiger partial charge is 0.466 e. The topological polar surface area (TPSA) is 90.2 Å². The van der Waals surface area contributed by atoms with E-state index in [0.29, 0.717) is 50.0 Å². The molecule has 1 unspecified atom stereocenters. The first-order chi connectivity index (χ1) is 18.5.